The van der Waals surface area contributed by atoms with Crippen molar-refractivity contribution in [3.05, 3.63) is 59.9 Å². The van der Waals surface area contributed by atoms with Crippen LogP contribution >= 0.6 is 0 Å². The van der Waals surface area contributed by atoms with E-state index < -0.39 is 10.0 Å². The maximum absolute atomic E-state index is 12.5. The van der Waals surface area contributed by atoms with Gasteiger partial charge in [0, 0.05) is 31.4 Å². The molecule has 1 fully saturated rings. The van der Waals surface area contributed by atoms with E-state index in [4.69, 9.17) is 0 Å². The first-order valence-corrected chi connectivity index (χ1v) is 11.3. The Morgan fingerprint density at radius 1 is 0.964 bits per heavy atom. The summed E-state index contributed by atoms with van der Waals surface area (Å²) in [7, 11) is -3.48. The Morgan fingerprint density at radius 3 is 2.32 bits per heavy atom. The fourth-order valence-corrected chi connectivity index (χ4v) is 4.70. The molecule has 1 aromatic carbocycles. The Labute approximate surface area is 166 Å². The maximum Gasteiger partial charge on any atom is 0.240 e. The molecule has 1 heterocycles. The number of nitrogens with one attached hydrogen (secondary N) is 2. The van der Waals surface area contributed by atoms with Crippen molar-refractivity contribution in [1.82, 2.24) is 15.0 Å². The molecule has 1 amide bonds. The van der Waals surface area contributed by atoms with E-state index in [0.29, 0.717) is 19.4 Å². The number of benzene rings is 1. The van der Waals surface area contributed by atoms with Crippen LogP contribution in [0.4, 0.5) is 0 Å². The summed E-state index contributed by atoms with van der Waals surface area (Å²) < 4.78 is 27.9. The minimum absolute atomic E-state index is 0.0347. The van der Waals surface area contributed by atoms with Crippen molar-refractivity contribution in [3.63, 3.8) is 0 Å². The van der Waals surface area contributed by atoms with Crippen LogP contribution in [0.2, 0.25) is 0 Å². The third-order valence-electron chi connectivity index (χ3n) is 5.04. The maximum atomic E-state index is 12.5. The van der Waals surface area contributed by atoms with Gasteiger partial charge in [-0.1, -0.05) is 31.4 Å². The van der Waals surface area contributed by atoms with Crippen LogP contribution in [-0.4, -0.2) is 25.4 Å². The largest absolute Gasteiger partial charge is 0.352 e. The predicted octanol–water partition coefficient (Wildman–Crippen LogP) is 2.94. The molecule has 7 heteroatoms. The Morgan fingerprint density at radius 2 is 1.64 bits per heavy atom. The lowest BCUT2D eigenvalue weighted by atomic mass is 9.96. The second kappa shape index (κ2) is 9.80. The van der Waals surface area contributed by atoms with E-state index in [-0.39, 0.29) is 16.8 Å². The molecule has 2 N–H and O–H groups in total. The lowest BCUT2D eigenvalue weighted by Gasteiger charge is -2.22. The quantitative estimate of drug-likeness (QED) is 0.712. The third-order valence-corrected chi connectivity index (χ3v) is 6.58. The molecule has 1 saturated carbocycles. The number of sulfonamides is 1. The van der Waals surface area contributed by atoms with E-state index in [1.807, 2.05) is 12.1 Å². The molecule has 0 saturated heterocycles. The van der Waals surface area contributed by atoms with Crippen LogP contribution in [0.15, 0.2) is 53.7 Å². The molecule has 3 rings (SSSR count). The molecule has 1 aliphatic carbocycles. The second-order valence-corrected chi connectivity index (χ2v) is 8.95. The molecule has 0 spiro atoms. The van der Waals surface area contributed by atoms with E-state index >= 15 is 0 Å². The summed E-state index contributed by atoms with van der Waals surface area (Å²) in [5.74, 6) is -0.0347. The smallest absolute Gasteiger partial charge is 0.240 e. The van der Waals surface area contributed by atoms with Gasteiger partial charge in [0.15, 0.2) is 0 Å². The van der Waals surface area contributed by atoms with Crippen molar-refractivity contribution in [2.24, 2.45) is 0 Å². The lowest BCUT2D eigenvalue weighted by molar-refractivity contribution is -0.121. The zero-order valence-corrected chi connectivity index (χ0v) is 16.7. The topological polar surface area (TPSA) is 88.2 Å². The molecule has 0 aliphatic heterocycles. The molecular weight excluding hydrogens is 374 g/mol. The van der Waals surface area contributed by atoms with Crippen LogP contribution in [-0.2, 0) is 27.8 Å². The van der Waals surface area contributed by atoms with Gasteiger partial charge in [-0.3, -0.25) is 9.78 Å². The van der Waals surface area contributed by atoms with Gasteiger partial charge in [-0.2, -0.15) is 0 Å². The van der Waals surface area contributed by atoms with Gasteiger partial charge in [0.2, 0.25) is 15.9 Å². The molecule has 6 nitrogen and oxygen atoms in total. The van der Waals surface area contributed by atoms with E-state index in [2.05, 4.69) is 15.0 Å². The lowest BCUT2D eigenvalue weighted by Crippen LogP contribution is -2.36. The minimum atomic E-state index is -3.48. The van der Waals surface area contributed by atoms with Crippen LogP contribution < -0.4 is 10.0 Å². The standard InChI is InChI=1S/C21H27N3O3S/c25-21(23-16-18-12-14-22-15-13-18)11-8-17-6-9-20(10-7-17)28(26,27)24-19-4-2-1-3-5-19/h6-7,9-10,12-15,19,24H,1-5,8,11,16H2,(H,23,25). The van der Waals surface area contributed by atoms with Crippen LogP contribution in [0.1, 0.15) is 49.7 Å². The van der Waals surface area contributed by atoms with Gasteiger partial charge in [-0.15, -0.1) is 0 Å². The van der Waals surface area contributed by atoms with Crippen molar-refractivity contribution >= 4 is 15.9 Å². The molecule has 0 bridgehead atoms. The van der Waals surface area contributed by atoms with Gasteiger partial charge in [0.25, 0.3) is 0 Å². The van der Waals surface area contributed by atoms with Gasteiger partial charge in [0.1, 0.15) is 0 Å². The Balaban J connectivity index is 1.47. The van der Waals surface area contributed by atoms with Gasteiger partial charge in [-0.25, -0.2) is 13.1 Å². The number of hydrogen-bond donors (Lipinski definition) is 2. The van der Waals surface area contributed by atoms with Gasteiger partial charge in [0.05, 0.1) is 4.90 Å². The van der Waals surface area contributed by atoms with E-state index in [0.717, 1.165) is 36.8 Å². The third kappa shape index (κ3) is 6.14. The summed E-state index contributed by atoms with van der Waals surface area (Å²) in [6, 6.07) is 10.6. The highest BCUT2D eigenvalue weighted by Gasteiger charge is 2.21. The van der Waals surface area contributed by atoms with E-state index in [9.17, 15) is 13.2 Å². The zero-order chi connectivity index (χ0) is 19.8. The first-order valence-electron chi connectivity index (χ1n) is 9.80. The van der Waals surface area contributed by atoms with E-state index in [1.54, 1.807) is 36.7 Å². The number of amides is 1. The highest BCUT2D eigenvalue weighted by molar-refractivity contribution is 7.89. The van der Waals surface area contributed by atoms with Crippen LogP contribution in [0.25, 0.3) is 0 Å². The van der Waals surface area contributed by atoms with Crippen LogP contribution in [0.3, 0.4) is 0 Å². The molecule has 28 heavy (non-hydrogen) atoms. The SMILES string of the molecule is O=C(CCc1ccc(S(=O)(=O)NC2CCCCC2)cc1)NCc1ccncc1. The summed E-state index contributed by atoms with van der Waals surface area (Å²) in [5.41, 5.74) is 1.94. The highest BCUT2D eigenvalue weighted by Crippen LogP contribution is 2.20. The average molecular weight is 402 g/mol. The zero-order valence-electron chi connectivity index (χ0n) is 15.9. The molecule has 2 aromatic rings. The molecule has 1 aliphatic rings. The summed E-state index contributed by atoms with van der Waals surface area (Å²) in [6.07, 6.45) is 9.47. The van der Waals surface area contributed by atoms with E-state index in [1.165, 1.54) is 6.42 Å². The van der Waals surface area contributed by atoms with Crippen molar-refractivity contribution < 1.29 is 13.2 Å². The molecule has 0 atom stereocenters. The Hall–Kier alpha value is -2.25. The molecule has 150 valence electrons. The normalized spacial score (nSPS) is 15.3. The monoisotopic (exact) mass is 401 g/mol. The predicted molar refractivity (Wildman–Crippen MR) is 108 cm³/mol. The minimum Gasteiger partial charge on any atom is -0.352 e. The number of aryl methyl sites for hydroxylation is 1. The molecule has 0 radical (unpaired) electrons. The number of carbonyl (C=O) groups is 1. The highest BCUT2D eigenvalue weighted by atomic mass is 32.2. The first kappa shape index (κ1) is 20.5. The fraction of sp³-hybridized carbons (Fsp3) is 0.429. The van der Waals surface area contributed by atoms with Crippen molar-refractivity contribution in [1.29, 1.82) is 0 Å². The summed E-state index contributed by atoms with van der Waals surface area (Å²) in [6.45, 7) is 0.478. The number of aromatic nitrogens is 1. The Bertz CT molecular complexity index is 862. The number of carbonyl (C=O) groups excluding carboxylic acids is 1. The number of rotatable bonds is 8. The second-order valence-electron chi connectivity index (χ2n) is 7.23. The fourth-order valence-electron chi connectivity index (χ4n) is 3.39. The van der Waals surface area contributed by atoms with Gasteiger partial charge >= 0.3 is 0 Å². The van der Waals surface area contributed by atoms with Crippen LogP contribution in [0, 0.1) is 0 Å². The van der Waals surface area contributed by atoms with Crippen LogP contribution in [0.5, 0.6) is 0 Å². The average Bonchev–Trinajstić information content (AvgIpc) is 2.72. The van der Waals surface area contributed by atoms with Crippen molar-refractivity contribution in [3.8, 4) is 0 Å². The molecule has 1 aromatic heterocycles. The number of hydrogen-bond acceptors (Lipinski definition) is 4. The van der Waals surface area contributed by atoms with Crippen molar-refractivity contribution in [2.45, 2.75) is 62.4 Å². The summed E-state index contributed by atoms with van der Waals surface area (Å²) in [4.78, 5) is 16.2. The van der Waals surface area contributed by atoms with Gasteiger partial charge in [-0.05, 0) is 54.7 Å². The first-order chi connectivity index (χ1) is 13.5. The summed E-state index contributed by atoms with van der Waals surface area (Å²) >= 11 is 0. The summed E-state index contributed by atoms with van der Waals surface area (Å²) in [5, 5.41) is 2.88. The van der Waals surface area contributed by atoms with Gasteiger partial charge < -0.3 is 5.32 Å². The number of pyridine rings is 1. The Kier molecular flexibility index (Phi) is 7.17. The molecule has 0 unspecified atom stereocenters. The van der Waals surface area contributed by atoms with Crippen molar-refractivity contribution in [2.75, 3.05) is 0 Å². The molecular formula is C21H27N3O3S. The number of nitrogens with zero attached hydrogens (tertiary/aromatic N) is 1.